The van der Waals surface area contributed by atoms with Crippen LogP contribution in [0.2, 0.25) is 0 Å². The second-order valence-corrected chi connectivity index (χ2v) is 7.65. The minimum atomic E-state index is -0.487. The van der Waals surface area contributed by atoms with E-state index < -0.39 is 5.97 Å². The van der Waals surface area contributed by atoms with Crippen molar-refractivity contribution in [1.82, 2.24) is 9.97 Å². The number of aryl methyl sites for hydroxylation is 1. The monoisotopic (exact) mass is 410 g/mol. The molecule has 0 saturated carbocycles. The molecule has 0 atom stereocenters. The molecule has 0 amide bonds. The van der Waals surface area contributed by atoms with Crippen LogP contribution in [0.3, 0.4) is 0 Å². The van der Waals surface area contributed by atoms with E-state index in [1.807, 2.05) is 42.5 Å². The number of benzene rings is 2. The number of methoxy groups -OCH3 is 1. The highest BCUT2D eigenvalue weighted by Crippen LogP contribution is 2.29. The first-order chi connectivity index (χ1) is 13.5. The number of H-pyrrole nitrogens is 1. The molecule has 5 nitrogen and oxygen atoms in total. The normalized spacial score (nSPS) is 11.9. The topological polar surface area (TPSA) is 72.0 Å². The number of hydrogen-bond acceptors (Lipinski definition) is 5. The maximum atomic E-state index is 12.5. The van der Waals surface area contributed by atoms with Crippen LogP contribution in [0.15, 0.2) is 47.3 Å². The van der Waals surface area contributed by atoms with Gasteiger partial charge in [-0.3, -0.25) is 4.79 Å². The summed E-state index contributed by atoms with van der Waals surface area (Å²) in [6.07, 6.45) is 1.75. The van der Waals surface area contributed by atoms with Crippen molar-refractivity contribution in [2.75, 3.05) is 7.11 Å². The number of carbonyl (C=O) groups is 1. The second kappa shape index (κ2) is 7.22. The molecule has 0 radical (unpaired) electrons. The third-order valence-corrected chi connectivity index (χ3v) is 5.92. The molecule has 28 heavy (non-hydrogen) atoms. The fourth-order valence-corrected chi connectivity index (χ4v) is 4.37. The van der Waals surface area contributed by atoms with Gasteiger partial charge >= 0.3 is 5.97 Å². The summed E-state index contributed by atoms with van der Waals surface area (Å²) >= 11 is 7.56. The number of carbonyl (C=O) groups excluding carboxylic acids is 1. The summed E-state index contributed by atoms with van der Waals surface area (Å²) in [5.41, 5.74) is 1.11. The van der Waals surface area contributed by atoms with E-state index in [0.717, 1.165) is 27.7 Å². The summed E-state index contributed by atoms with van der Waals surface area (Å²) in [7, 11) is 1.30. The summed E-state index contributed by atoms with van der Waals surface area (Å²) in [5.74, 6) is -0.232. The van der Waals surface area contributed by atoms with Crippen LogP contribution in [0.25, 0.3) is 32.1 Å². The minimum Gasteiger partial charge on any atom is -0.465 e. The Balaban J connectivity index is 1.80. The fraction of sp³-hybridized carbons (Fsp3) is 0.0952. The smallest absolute Gasteiger partial charge is 0.348 e. The molecule has 0 fully saturated rings. The Hall–Kier alpha value is -2.96. The Morgan fingerprint density at radius 1 is 1.21 bits per heavy atom. The van der Waals surface area contributed by atoms with Crippen molar-refractivity contribution in [1.29, 1.82) is 0 Å². The first-order valence-corrected chi connectivity index (χ1v) is 9.65. The lowest BCUT2D eigenvalue weighted by Gasteiger charge is -2.02. The standard InChI is InChI=1S/C21H15ClN2O3S/c1-11-16-19(25)23-18(24-20(16)28-17(11)21(26)27-2)15(22)10-12-7-8-13-5-3-4-6-14(13)9-12/h3-10H,1-2H3,(H,23,24,25)/b15-10-. The molecule has 1 N–H and O–H groups in total. The predicted molar refractivity (Wildman–Crippen MR) is 114 cm³/mol. The fourth-order valence-electron chi connectivity index (χ4n) is 3.06. The number of thiophene rings is 1. The van der Waals surface area contributed by atoms with Gasteiger partial charge in [-0.05, 0) is 41.0 Å². The van der Waals surface area contributed by atoms with Gasteiger partial charge in [-0.25, -0.2) is 9.78 Å². The number of halogens is 1. The summed E-state index contributed by atoms with van der Waals surface area (Å²) in [6.45, 7) is 1.70. The van der Waals surface area contributed by atoms with Gasteiger partial charge in [0.2, 0.25) is 0 Å². The van der Waals surface area contributed by atoms with Crippen molar-refractivity contribution in [3.63, 3.8) is 0 Å². The molecule has 2 aromatic carbocycles. The number of rotatable bonds is 3. The SMILES string of the molecule is COC(=O)c1sc2nc(/C(Cl)=C/c3ccc4ccccc4c3)[nH]c(=O)c2c1C. The van der Waals surface area contributed by atoms with E-state index in [0.29, 0.717) is 25.7 Å². The zero-order valence-electron chi connectivity index (χ0n) is 15.1. The average molecular weight is 411 g/mol. The molecule has 7 heteroatoms. The number of hydrogen-bond donors (Lipinski definition) is 1. The molecular formula is C21H15ClN2O3S. The maximum Gasteiger partial charge on any atom is 0.348 e. The van der Waals surface area contributed by atoms with Crippen LogP contribution in [0.1, 0.15) is 26.6 Å². The van der Waals surface area contributed by atoms with Crippen molar-refractivity contribution >= 4 is 61.0 Å². The van der Waals surface area contributed by atoms with Gasteiger partial charge in [0.05, 0.1) is 17.5 Å². The van der Waals surface area contributed by atoms with Crippen molar-refractivity contribution in [3.05, 3.63) is 74.6 Å². The van der Waals surface area contributed by atoms with E-state index in [-0.39, 0.29) is 11.4 Å². The first-order valence-electron chi connectivity index (χ1n) is 8.46. The number of aromatic nitrogens is 2. The van der Waals surface area contributed by atoms with Crippen LogP contribution in [0, 0.1) is 6.92 Å². The Labute approximate surface area is 169 Å². The van der Waals surface area contributed by atoms with E-state index in [2.05, 4.69) is 9.97 Å². The molecule has 140 valence electrons. The molecule has 0 aliphatic rings. The summed E-state index contributed by atoms with van der Waals surface area (Å²) in [6, 6.07) is 14.0. The summed E-state index contributed by atoms with van der Waals surface area (Å²) in [4.78, 5) is 32.4. The zero-order chi connectivity index (χ0) is 19.8. The summed E-state index contributed by atoms with van der Waals surface area (Å²) < 4.78 is 4.77. The first kappa shape index (κ1) is 18.4. The molecule has 4 aromatic rings. The quantitative estimate of drug-likeness (QED) is 0.484. The molecular weight excluding hydrogens is 396 g/mol. The lowest BCUT2D eigenvalue weighted by molar-refractivity contribution is 0.0605. The van der Waals surface area contributed by atoms with Crippen LogP contribution >= 0.6 is 22.9 Å². The lowest BCUT2D eigenvalue weighted by atomic mass is 10.1. The van der Waals surface area contributed by atoms with Gasteiger partial charge < -0.3 is 9.72 Å². The van der Waals surface area contributed by atoms with Gasteiger partial charge in [0.25, 0.3) is 5.56 Å². The van der Waals surface area contributed by atoms with Crippen molar-refractivity contribution in [2.24, 2.45) is 0 Å². The Kier molecular flexibility index (Phi) is 4.75. The molecule has 4 rings (SSSR count). The molecule has 0 aliphatic carbocycles. The molecule has 0 bridgehead atoms. The summed E-state index contributed by atoms with van der Waals surface area (Å²) in [5, 5.41) is 2.91. The van der Waals surface area contributed by atoms with E-state index >= 15 is 0 Å². The highest BCUT2D eigenvalue weighted by molar-refractivity contribution is 7.20. The van der Waals surface area contributed by atoms with E-state index in [4.69, 9.17) is 16.3 Å². The number of nitrogens with one attached hydrogen (secondary N) is 1. The minimum absolute atomic E-state index is 0.255. The zero-order valence-corrected chi connectivity index (χ0v) is 16.6. The van der Waals surface area contributed by atoms with Crippen molar-refractivity contribution in [2.45, 2.75) is 6.92 Å². The Morgan fingerprint density at radius 2 is 1.96 bits per heavy atom. The van der Waals surface area contributed by atoms with Crippen LogP contribution in [0.4, 0.5) is 0 Å². The average Bonchev–Trinajstić information content (AvgIpc) is 3.04. The van der Waals surface area contributed by atoms with Gasteiger partial charge in [0.15, 0.2) is 5.82 Å². The van der Waals surface area contributed by atoms with Crippen LogP contribution in [-0.4, -0.2) is 23.0 Å². The van der Waals surface area contributed by atoms with Crippen LogP contribution < -0.4 is 5.56 Å². The lowest BCUT2D eigenvalue weighted by Crippen LogP contribution is -2.10. The second-order valence-electron chi connectivity index (χ2n) is 6.24. The van der Waals surface area contributed by atoms with Crippen molar-refractivity contribution < 1.29 is 9.53 Å². The van der Waals surface area contributed by atoms with Crippen molar-refractivity contribution in [3.8, 4) is 0 Å². The van der Waals surface area contributed by atoms with Gasteiger partial charge in [-0.1, -0.05) is 48.0 Å². The van der Waals surface area contributed by atoms with Crippen LogP contribution in [0.5, 0.6) is 0 Å². The molecule has 2 aromatic heterocycles. The highest BCUT2D eigenvalue weighted by atomic mass is 35.5. The number of ether oxygens (including phenoxy) is 1. The highest BCUT2D eigenvalue weighted by Gasteiger charge is 2.20. The molecule has 0 aliphatic heterocycles. The van der Waals surface area contributed by atoms with Gasteiger partial charge in [-0.15, -0.1) is 11.3 Å². The van der Waals surface area contributed by atoms with E-state index in [9.17, 15) is 9.59 Å². The maximum absolute atomic E-state index is 12.5. The predicted octanol–water partition coefficient (Wildman–Crippen LogP) is 4.97. The number of nitrogens with zero attached hydrogens (tertiary/aromatic N) is 1. The Morgan fingerprint density at radius 3 is 2.71 bits per heavy atom. The Bertz CT molecular complexity index is 1320. The van der Waals surface area contributed by atoms with E-state index in [1.165, 1.54) is 7.11 Å². The van der Waals surface area contributed by atoms with Gasteiger partial charge in [0, 0.05) is 0 Å². The molecule has 0 spiro atoms. The number of aromatic amines is 1. The largest absolute Gasteiger partial charge is 0.465 e. The third kappa shape index (κ3) is 3.21. The third-order valence-electron chi connectivity index (χ3n) is 4.46. The number of fused-ring (bicyclic) bond motifs is 2. The number of esters is 1. The van der Waals surface area contributed by atoms with Gasteiger partial charge in [-0.2, -0.15) is 0 Å². The molecule has 0 unspecified atom stereocenters. The molecule has 0 saturated heterocycles. The van der Waals surface area contributed by atoms with E-state index in [1.54, 1.807) is 13.0 Å². The van der Waals surface area contributed by atoms with Gasteiger partial charge in [0.1, 0.15) is 9.71 Å². The van der Waals surface area contributed by atoms with Crippen LogP contribution in [-0.2, 0) is 4.74 Å². The molecule has 2 heterocycles.